The Morgan fingerprint density at radius 3 is 0.903 bits per heavy atom. The van der Waals surface area contributed by atoms with Gasteiger partial charge < -0.3 is 28.9 Å². The summed E-state index contributed by atoms with van der Waals surface area (Å²) in [5.41, 5.74) is 8.69. The third-order valence-corrected chi connectivity index (χ3v) is 13.9. The molecule has 3 N–H and O–H groups in total. The molecule has 0 aliphatic carbocycles. The average molecular weight is 1080 g/mol. The fourth-order valence-electron chi connectivity index (χ4n) is 8.02. The first-order valence-corrected chi connectivity index (χ1v) is 25.1. The summed E-state index contributed by atoms with van der Waals surface area (Å²) in [4.78, 5) is 27.9. The molecule has 0 radical (unpaired) electrons. The van der Waals surface area contributed by atoms with E-state index in [9.17, 15) is 38.9 Å². The molecular formula is C47H27Cl2N8Na3O9S3. The first kappa shape index (κ1) is 55.4. The maximum absolute atomic E-state index is 12.0. The number of halogens is 2. The molecule has 25 heteroatoms. The zero-order valence-corrected chi connectivity index (χ0v) is 47.7. The van der Waals surface area contributed by atoms with Crippen LogP contribution in [-0.4, -0.2) is 73.8 Å². The summed E-state index contributed by atoms with van der Waals surface area (Å²) in [6.07, 6.45) is 7.09. The van der Waals surface area contributed by atoms with Crippen molar-refractivity contribution in [1.29, 1.82) is 0 Å². The summed E-state index contributed by atoms with van der Waals surface area (Å²) < 4.78 is 108. The molecule has 344 valence electrons. The number of fused-ring (bicyclic) bond motifs is 8. The molecule has 4 aromatic carbocycles. The summed E-state index contributed by atoms with van der Waals surface area (Å²) in [5.74, 6) is 0.114. The third kappa shape index (κ3) is 11.6. The molecule has 0 saturated carbocycles. The molecule has 0 atom stereocenters. The van der Waals surface area contributed by atoms with Gasteiger partial charge in [-0.1, -0.05) is 48.5 Å². The van der Waals surface area contributed by atoms with E-state index in [2.05, 4.69) is 30.2 Å². The minimum atomic E-state index is -4.80. The van der Waals surface area contributed by atoms with Crippen molar-refractivity contribution in [3.05, 3.63) is 155 Å². The first-order chi connectivity index (χ1) is 32.9. The van der Waals surface area contributed by atoms with Gasteiger partial charge in [0, 0.05) is 50.0 Å². The monoisotopic (exact) mass is 1080 g/mol. The van der Waals surface area contributed by atoms with E-state index in [1.807, 2.05) is 30.3 Å². The Morgan fingerprint density at radius 2 is 0.639 bits per heavy atom. The number of hydrogen-bond acceptors (Lipinski definition) is 15. The maximum Gasteiger partial charge on any atom is 1.00 e. The Hall–Kier alpha value is -4.40. The quantitative estimate of drug-likeness (QED) is 0.129. The number of nitrogens with zero attached hydrogens (tertiary/aromatic N) is 5. The molecule has 8 bridgehead atoms. The van der Waals surface area contributed by atoms with Crippen molar-refractivity contribution in [2.45, 2.75) is 14.7 Å². The Balaban J connectivity index is 0.00000253. The van der Waals surface area contributed by atoms with Crippen LogP contribution in [0, 0.1) is 0 Å². The van der Waals surface area contributed by atoms with Crippen LogP contribution in [0.4, 0.5) is 11.6 Å². The van der Waals surface area contributed by atoms with E-state index in [1.54, 1.807) is 42.5 Å². The number of aromatic amines is 2. The Bertz CT molecular complexity index is 3940. The summed E-state index contributed by atoms with van der Waals surface area (Å²) in [6, 6.07) is 30.6. The van der Waals surface area contributed by atoms with Crippen molar-refractivity contribution in [2.24, 2.45) is 0 Å². The molecule has 72 heavy (non-hydrogen) atoms. The largest absolute Gasteiger partial charge is 1.00 e. The van der Waals surface area contributed by atoms with Crippen molar-refractivity contribution in [3.8, 4) is 44.5 Å². The minimum Gasteiger partial charge on any atom is -0.744 e. The van der Waals surface area contributed by atoms with E-state index in [1.165, 1.54) is 72.8 Å². The minimum absolute atomic E-state index is 0. The van der Waals surface area contributed by atoms with Gasteiger partial charge in [-0.15, -0.1) is 0 Å². The topological polar surface area (TPSA) is 280 Å². The van der Waals surface area contributed by atoms with Crippen LogP contribution in [0.3, 0.4) is 0 Å². The number of H-pyrrole nitrogens is 2. The second-order valence-corrected chi connectivity index (χ2v) is 20.2. The number of benzene rings is 4. The average Bonchev–Trinajstić information content (AvgIpc) is 4.15. The van der Waals surface area contributed by atoms with Gasteiger partial charge in [0.2, 0.25) is 16.5 Å². The normalized spacial score (nSPS) is 12.1. The predicted molar refractivity (Wildman–Crippen MR) is 258 cm³/mol. The second-order valence-electron chi connectivity index (χ2n) is 15.3. The van der Waals surface area contributed by atoms with Gasteiger partial charge in [0.05, 0.1) is 37.5 Å². The smallest absolute Gasteiger partial charge is 0.744 e. The first-order valence-electron chi connectivity index (χ1n) is 20.2. The number of aromatic nitrogens is 7. The van der Waals surface area contributed by atoms with E-state index in [0.717, 1.165) is 0 Å². The number of hydrogen-bond donors (Lipinski definition) is 3. The van der Waals surface area contributed by atoms with Crippen LogP contribution in [0.1, 0.15) is 22.8 Å². The van der Waals surface area contributed by atoms with E-state index >= 15 is 0 Å². The Labute approximate surface area is 487 Å². The van der Waals surface area contributed by atoms with Crippen LogP contribution in [-0.2, 0) is 30.4 Å². The molecule has 4 aromatic heterocycles. The van der Waals surface area contributed by atoms with Crippen LogP contribution < -0.4 is 94.0 Å². The van der Waals surface area contributed by atoms with E-state index in [4.69, 9.17) is 33.2 Å². The molecule has 2 aliphatic rings. The van der Waals surface area contributed by atoms with Crippen molar-refractivity contribution >= 4 is 112 Å². The Morgan fingerprint density at radius 1 is 0.375 bits per heavy atom. The van der Waals surface area contributed by atoms with Gasteiger partial charge in [-0.05, 0) is 143 Å². The summed E-state index contributed by atoms with van der Waals surface area (Å²) >= 11 is 12.0. The molecule has 0 unspecified atom stereocenters. The van der Waals surface area contributed by atoms with Gasteiger partial charge in [-0.25, -0.2) is 35.2 Å². The van der Waals surface area contributed by atoms with E-state index in [0.29, 0.717) is 95.0 Å². The summed E-state index contributed by atoms with van der Waals surface area (Å²) in [6.45, 7) is 0. The number of rotatable bonds is 9. The summed E-state index contributed by atoms with van der Waals surface area (Å²) in [7, 11) is -14.4. The molecule has 0 spiro atoms. The molecule has 0 fully saturated rings. The van der Waals surface area contributed by atoms with Crippen molar-refractivity contribution < 1.29 is 128 Å². The molecule has 2 aliphatic heterocycles. The van der Waals surface area contributed by atoms with Crippen molar-refractivity contribution in [3.63, 3.8) is 0 Å². The summed E-state index contributed by atoms with van der Waals surface area (Å²) in [5, 5.41) is 2.86. The molecule has 0 saturated heterocycles. The zero-order chi connectivity index (χ0) is 48.4. The SMILES string of the molecule is O=S(=O)([O-])c1ccc(-c2c3nc(c(-c4ccc(S(=O)(=O)[O-])cc4)c4ccc([nH]4)c(-c4ccc(S(=O)(=O)[O-])cc4)c4nc(c(-c5ccc(Nc6nc(Cl)nc(Cl)n6)cc5)c5ccc2[nH]5)C=C4)C=C3)cc1.[Na+].[Na+].[Na+]. The van der Waals surface area contributed by atoms with Crippen LogP contribution in [0.25, 0.3) is 90.9 Å². The fraction of sp³-hybridized carbons (Fsp3) is 0. The third-order valence-electron chi connectivity index (χ3n) is 11.1. The van der Waals surface area contributed by atoms with Gasteiger partial charge in [0.1, 0.15) is 30.4 Å². The van der Waals surface area contributed by atoms with E-state index in [-0.39, 0.29) is 105 Å². The maximum atomic E-state index is 12.0. The van der Waals surface area contributed by atoms with Gasteiger partial charge >= 0.3 is 88.7 Å². The standard InChI is InChI=1S/C47H30Cl2N8O9S3.3Na/c48-45-55-46(49)57-47(56-45)50-29-9-1-25(2-10-29)41-33-17-19-35(51-33)42(26-3-11-30(12-4-26)67(58,59)60)37-21-23-39(53-37)44(28-7-15-32(16-8-28)69(64,65)66)40-24-22-38(54-40)43(36-20-18-34(41)52-36)27-5-13-31(14-6-27)68(61,62)63;;;/h1-24,51,54H,(H,58,59,60)(H,61,62,63)(H,64,65,66)(H,50,55,56,57);;;/q;3*+1/p-3. The molecule has 8 aromatic rings. The fourth-order valence-corrected chi connectivity index (χ4v) is 9.79. The molecular weight excluding hydrogens is 1060 g/mol. The van der Waals surface area contributed by atoms with Gasteiger partial charge in [-0.3, -0.25) is 0 Å². The van der Waals surface area contributed by atoms with Crippen LogP contribution >= 0.6 is 23.2 Å². The molecule has 6 heterocycles. The Kier molecular flexibility index (Phi) is 16.8. The zero-order valence-electron chi connectivity index (χ0n) is 37.7. The van der Waals surface area contributed by atoms with Crippen molar-refractivity contribution in [2.75, 3.05) is 5.32 Å². The van der Waals surface area contributed by atoms with Crippen LogP contribution in [0.2, 0.25) is 10.6 Å². The molecule has 17 nitrogen and oxygen atoms in total. The van der Waals surface area contributed by atoms with Gasteiger partial charge in [0.25, 0.3) is 0 Å². The number of nitrogens with one attached hydrogen (secondary N) is 3. The molecule has 0 amide bonds. The van der Waals surface area contributed by atoms with Gasteiger partial charge in [-0.2, -0.15) is 15.0 Å². The second kappa shape index (κ2) is 21.8. The molecule has 10 rings (SSSR count). The number of anilines is 2. The van der Waals surface area contributed by atoms with E-state index < -0.39 is 45.0 Å². The predicted octanol–water partition coefficient (Wildman–Crippen LogP) is 0.283. The van der Waals surface area contributed by atoms with Crippen LogP contribution in [0.5, 0.6) is 0 Å². The van der Waals surface area contributed by atoms with Crippen LogP contribution in [0.15, 0.2) is 136 Å². The van der Waals surface area contributed by atoms with Crippen molar-refractivity contribution in [1.82, 2.24) is 34.9 Å². The van der Waals surface area contributed by atoms with Gasteiger partial charge in [0.15, 0.2) is 0 Å².